The second-order valence-corrected chi connectivity index (χ2v) is 4.94. The monoisotopic (exact) mass is 327 g/mol. The van der Waals surface area contributed by atoms with Crippen molar-refractivity contribution in [3.05, 3.63) is 53.1 Å². The molecule has 1 aromatic carbocycles. The topological polar surface area (TPSA) is 88.3 Å². The van der Waals surface area contributed by atoms with Crippen molar-refractivity contribution in [1.29, 1.82) is 0 Å². The predicted octanol–water partition coefficient (Wildman–Crippen LogP) is 2.60. The molecule has 0 spiro atoms. The van der Waals surface area contributed by atoms with E-state index in [-0.39, 0.29) is 5.75 Å². The van der Waals surface area contributed by atoms with E-state index in [0.29, 0.717) is 21.9 Å². The third kappa shape index (κ3) is 2.97. The van der Waals surface area contributed by atoms with E-state index in [1.54, 1.807) is 36.7 Å². The maximum absolute atomic E-state index is 10.1. The van der Waals surface area contributed by atoms with E-state index in [1.165, 1.54) is 18.0 Å². The minimum absolute atomic E-state index is 0.0108. The molecule has 7 nitrogen and oxygen atoms in total. The number of benzene rings is 1. The molecule has 0 amide bonds. The number of hydrogen-bond donors (Lipinski definition) is 2. The van der Waals surface area contributed by atoms with E-state index < -0.39 is 0 Å². The van der Waals surface area contributed by atoms with Crippen LogP contribution in [-0.4, -0.2) is 38.3 Å². The number of phenols is 1. The summed E-state index contributed by atoms with van der Waals surface area (Å²) in [6.45, 7) is 0. The Morgan fingerprint density at radius 3 is 2.96 bits per heavy atom. The minimum Gasteiger partial charge on any atom is -0.504 e. The first kappa shape index (κ1) is 14.9. The van der Waals surface area contributed by atoms with Crippen LogP contribution in [-0.2, 0) is 0 Å². The van der Waals surface area contributed by atoms with Gasteiger partial charge in [0.1, 0.15) is 0 Å². The fourth-order valence-corrected chi connectivity index (χ4v) is 2.19. The van der Waals surface area contributed by atoms with Crippen LogP contribution in [0.15, 0.2) is 47.8 Å². The Kier molecular flexibility index (Phi) is 4.15. The number of rotatable bonds is 4. The van der Waals surface area contributed by atoms with Crippen molar-refractivity contribution in [2.24, 2.45) is 5.10 Å². The van der Waals surface area contributed by atoms with Gasteiger partial charge < -0.3 is 9.84 Å². The number of hydrogen-bond acceptors (Lipinski definition) is 6. The van der Waals surface area contributed by atoms with Gasteiger partial charge in [-0.3, -0.25) is 4.98 Å². The molecule has 0 bridgehead atoms. The molecule has 0 fully saturated rings. The summed E-state index contributed by atoms with van der Waals surface area (Å²) in [5, 5.41) is 21.2. The molecule has 0 aliphatic rings. The van der Waals surface area contributed by atoms with Crippen molar-refractivity contribution >= 4 is 18.4 Å². The molecule has 0 saturated carbocycles. The SMILES string of the molecule is COc1cccc(/C=N\n2c(-c3cccnc3)n[nH]c2=S)c1O. The van der Waals surface area contributed by atoms with Gasteiger partial charge in [-0.15, -0.1) is 0 Å². The van der Waals surface area contributed by atoms with Crippen LogP contribution in [0.25, 0.3) is 11.4 Å². The summed E-state index contributed by atoms with van der Waals surface area (Å²) in [6.07, 6.45) is 4.83. The van der Waals surface area contributed by atoms with Gasteiger partial charge in [0.15, 0.2) is 17.3 Å². The van der Waals surface area contributed by atoms with Gasteiger partial charge in [0.05, 0.1) is 13.3 Å². The number of para-hydroxylation sites is 1. The zero-order valence-electron chi connectivity index (χ0n) is 12.2. The highest BCUT2D eigenvalue weighted by Gasteiger charge is 2.09. The summed E-state index contributed by atoms with van der Waals surface area (Å²) in [6, 6.07) is 8.80. The van der Waals surface area contributed by atoms with Crippen LogP contribution >= 0.6 is 12.2 Å². The summed E-state index contributed by atoms with van der Waals surface area (Å²) in [4.78, 5) is 4.06. The number of ether oxygens (including phenoxy) is 1. The molecule has 8 heteroatoms. The maximum Gasteiger partial charge on any atom is 0.216 e. The zero-order chi connectivity index (χ0) is 16.2. The van der Waals surface area contributed by atoms with E-state index in [2.05, 4.69) is 20.3 Å². The number of phenolic OH excluding ortho intramolecular Hbond substituents is 1. The van der Waals surface area contributed by atoms with Gasteiger partial charge in [0.2, 0.25) is 4.77 Å². The summed E-state index contributed by atoms with van der Waals surface area (Å²) in [5.41, 5.74) is 1.27. The number of H-pyrrole nitrogens is 1. The number of nitrogens with one attached hydrogen (secondary N) is 1. The summed E-state index contributed by atoms with van der Waals surface area (Å²) in [7, 11) is 1.49. The van der Waals surface area contributed by atoms with Gasteiger partial charge in [0.25, 0.3) is 0 Å². The highest BCUT2D eigenvalue weighted by atomic mass is 32.1. The molecule has 116 valence electrons. The molecule has 0 aliphatic heterocycles. The maximum atomic E-state index is 10.1. The lowest BCUT2D eigenvalue weighted by molar-refractivity contribution is 0.373. The lowest BCUT2D eigenvalue weighted by atomic mass is 10.2. The molecule has 2 heterocycles. The molecular formula is C15H13N5O2S. The molecule has 0 atom stereocenters. The second kappa shape index (κ2) is 6.41. The average molecular weight is 327 g/mol. The largest absolute Gasteiger partial charge is 0.504 e. The Labute approximate surface area is 136 Å². The van der Waals surface area contributed by atoms with Crippen molar-refractivity contribution in [1.82, 2.24) is 19.9 Å². The third-order valence-electron chi connectivity index (χ3n) is 3.13. The first-order valence-corrected chi connectivity index (χ1v) is 7.09. The summed E-state index contributed by atoms with van der Waals surface area (Å²) in [5.74, 6) is 0.913. The van der Waals surface area contributed by atoms with Gasteiger partial charge in [-0.2, -0.15) is 14.9 Å². The van der Waals surface area contributed by atoms with Crippen LogP contribution in [0.2, 0.25) is 0 Å². The first-order valence-electron chi connectivity index (χ1n) is 6.69. The lowest BCUT2D eigenvalue weighted by Gasteiger charge is -2.05. The van der Waals surface area contributed by atoms with E-state index in [4.69, 9.17) is 17.0 Å². The minimum atomic E-state index is 0.0108. The average Bonchev–Trinajstić information content (AvgIpc) is 2.95. The van der Waals surface area contributed by atoms with Gasteiger partial charge in [-0.1, -0.05) is 6.07 Å². The molecule has 0 aliphatic carbocycles. The molecule has 2 aromatic heterocycles. The third-order valence-corrected chi connectivity index (χ3v) is 3.40. The number of aromatic nitrogens is 4. The second-order valence-electron chi connectivity index (χ2n) is 4.55. The highest BCUT2D eigenvalue weighted by molar-refractivity contribution is 7.71. The van der Waals surface area contributed by atoms with Crippen LogP contribution in [0.5, 0.6) is 11.5 Å². The van der Waals surface area contributed by atoms with Gasteiger partial charge in [-0.25, -0.2) is 5.10 Å². The summed E-state index contributed by atoms with van der Waals surface area (Å²) >= 11 is 5.19. The number of aromatic hydroxyl groups is 1. The molecule has 0 unspecified atom stereocenters. The molecule has 2 N–H and O–H groups in total. The number of nitrogens with zero attached hydrogens (tertiary/aromatic N) is 4. The van der Waals surface area contributed by atoms with Crippen molar-refractivity contribution in [2.75, 3.05) is 7.11 Å². The first-order chi connectivity index (χ1) is 11.2. The van der Waals surface area contributed by atoms with Gasteiger partial charge in [0, 0.05) is 23.5 Å². The van der Waals surface area contributed by atoms with Gasteiger partial charge >= 0.3 is 0 Å². The van der Waals surface area contributed by atoms with Crippen LogP contribution in [0.3, 0.4) is 0 Å². The van der Waals surface area contributed by atoms with Crippen molar-refractivity contribution in [3.63, 3.8) is 0 Å². The quantitative estimate of drug-likeness (QED) is 0.568. The molecular weight excluding hydrogens is 314 g/mol. The fourth-order valence-electron chi connectivity index (χ4n) is 2.01. The van der Waals surface area contributed by atoms with E-state index in [0.717, 1.165) is 5.56 Å². The number of methoxy groups -OCH3 is 1. The highest BCUT2D eigenvalue weighted by Crippen LogP contribution is 2.28. The van der Waals surface area contributed by atoms with E-state index in [9.17, 15) is 5.11 Å². The Morgan fingerprint density at radius 2 is 2.22 bits per heavy atom. The predicted molar refractivity (Wildman–Crippen MR) is 88.3 cm³/mol. The molecule has 0 radical (unpaired) electrons. The standard InChI is InChI=1S/C15H13N5O2S/c1-22-12-6-2-4-10(13(12)21)9-17-20-14(18-19-15(20)23)11-5-3-7-16-8-11/h2-9,21H,1H3,(H,19,23)/b17-9-. The molecule has 23 heavy (non-hydrogen) atoms. The number of pyridine rings is 1. The van der Waals surface area contributed by atoms with Crippen molar-refractivity contribution in [2.45, 2.75) is 0 Å². The van der Waals surface area contributed by atoms with Crippen LogP contribution in [0.4, 0.5) is 0 Å². The van der Waals surface area contributed by atoms with Crippen LogP contribution in [0.1, 0.15) is 5.56 Å². The van der Waals surface area contributed by atoms with E-state index in [1.807, 2.05) is 6.07 Å². The molecule has 3 aromatic rings. The summed E-state index contributed by atoms with van der Waals surface area (Å²) < 4.78 is 6.87. The zero-order valence-corrected chi connectivity index (χ0v) is 13.0. The van der Waals surface area contributed by atoms with E-state index >= 15 is 0 Å². The Hall–Kier alpha value is -3.00. The fraction of sp³-hybridized carbons (Fsp3) is 0.0667. The molecule has 3 rings (SSSR count). The molecule has 0 saturated heterocycles. The number of aromatic amines is 1. The van der Waals surface area contributed by atoms with Crippen molar-refractivity contribution in [3.8, 4) is 22.9 Å². The Balaban J connectivity index is 2.01. The Bertz CT molecular complexity index is 902. The van der Waals surface area contributed by atoms with Crippen LogP contribution in [0, 0.1) is 4.77 Å². The van der Waals surface area contributed by atoms with Crippen molar-refractivity contribution < 1.29 is 9.84 Å². The normalized spacial score (nSPS) is 11.0. The smallest absolute Gasteiger partial charge is 0.216 e. The van der Waals surface area contributed by atoms with Crippen LogP contribution < -0.4 is 4.74 Å². The Morgan fingerprint density at radius 1 is 1.35 bits per heavy atom. The van der Waals surface area contributed by atoms with Gasteiger partial charge in [-0.05, 0) is 36.5 Å². The lowest BCUT2D eigenvalue weighted by Crippen LogP contribution is -1.96.